The third kappa shape index (κ3) is 0.923. The first-order valence-electron chi connectivity index (χ1n) is 3.28. The highest BCUT2D eigenvalue weighted by atomic mass is 17.0. The van der Waals surface area contributed by atoms with Crippen molar-refractivity contribution in [1.29, 1.82) is 0 Å². The molecule has 0 spiro atoms. The van der Waals surface area contributed by atoms with E-state index in [4.69, 9.17) is 9.78 Å². The van der Waals surface area contributed by atoms with Gasteiger partial charge >= 0.3 is 0 Å². The van der Waals surface area contributed by atoms with Crippen molar-refractivity contribution in [3.8, 4) is 0 Å². The third-order valence-electron chi connectivity index (χ3n) is 1.51. The molecule has 0 aliphatic carbocycles. The van der Waals surface area contributed by atoms with Crippen LogP contribution in [0.3, 0.4) is 0 Å². The van der Waals surface area contributed by atoms with E-state index in [0.717, 1.165) is 11.4 Å². The van der Waals surface area contributed by atoms with Gasteiger partial charge < -0.3 is 0 Å². The summed E-state index contributed by atoms with van der Waals surface area (Å²) in [6, 6.07) is 7.66. The molecule has 0 unspecified atom stereocenters. The molecule has 0 fully saturated rings. The van der Waals surface area contributed by atoms with Crippen molar-refractivity contribution in [2.75, 3.05) is 17.8 Å². The highest BCUT2D eigenvalue weighted by molar-refractivity contribution is 5.69. The minimum atomic E-state index is 0.884. The van der Waals surface area contributed by atoms with Crippen molar-refractivity contribution < 1.29 is 9.78 Å². The van der Waals surface area contributed by atoms with Crippen LogP contribution in [0.5, 0.6) is 0 Å². The van der Waals surface area contributed by atoms with Crippen molar-refractivity contribution in [3.05, 3.63) is 24.3 Å². The summed E-state index contributed by atoms with van der Waals surface area (Å²) in [5.41, 5.74) is 4.50. The van der Waals surface area contributed by atoms with E-state index in [0.29, 0.717) is 0 Å². The van der Waals surface area contributed by atoms with Gasteiger partial charge in [-0.1, -0.05) is 17.4 Å². The van der Waals surface area contributed by atoms with Gasteiger partial charge in [0.25, 0.3) is 0 Å². The third-order valence-corrected chi connectivity index (χ3v) is 1.51. The smallest absolute Gasteiger partial charge is 0.123 e. The number of anilines is 2. The van der Waals surface area contributed by atoms with Crippen molar-refractivity contribution in [2.45, 2.75) is 0 Å². The zero-order valence-electron chi connectivity index (χ0n) is 6.07. The largest absolute Gasteiger partial charge is 0.250 e. The molecule has 1 aromatic rings. The molecule has 0 radical (unpaired) electrons. The van der Waals surface area contributed by atoms with Crippen LogP contribution in [-0.4, -0.2) is 7.11 Å². The fourth-order valence-electron chi connectivity index (χ4n) is 0.995. The summed E-state index contributed by atoms with van der Waals surface area (Å²) in [6.45, 7) is 0. The van der Waals surface area contributed by atoms with Crippen LogP contribution in [0.25, 0.3) is 0 Å². The fraction of sp³-hybridized carbons (Fsp3) is 0.143. The maximum atomic E-state index is 4.93. The summed E-state index contributed by atoms with van der Waals surface area (Å²) in [5.74, 6) is 0. The molecule has 1 aliphatic rings. The van der Waals surface area contributed by atoms with E-state index in [-0.39, 0.29) is 0 Å². The quantitative estimate of drug-likeness (QED) is 0.658. The van der Waals surface area contributed by atoms with Gasteiger partial charge in [-0.15, -0.1) is 4.94 Å². The van der Waals surface area contributed by atoms with Gasteiger partial charge in [-0.2, -0.15) is 0 Å². The van der Waals surface area contributed by atoms with Crippen molar-refractivity contribution in [1.82, 2.24) is 0 Å². The Balaban J connectivity index is 2.39. The summed E-state index contributed by atoms with van der Waals surface area (Å²) in [4.78, 5) is 9.82. The van der Waals surface area contributed by atoms with Crippen LogP contribution < -0.4 is 10.7 Å². The number of para-hydroxylation sites is 2. The van der Waals surface area contributed by atoms with Gasteiger partial charge in [0, 0.05) is 0 Å². The van der Waals surface area contributed by atoms with E-state index in [9.17, 15) is 0 Å². The van der Waals surface area contributed by atoms with Gasteiger partial charge in [-0.3, -0.25) is 4.84 Å². The number of nitrogens with zero attached hydrogens (tertiary/aromatic N) is 1. The Morgan fingerprint density at radius 1 is 1.45 bits per heavy atom. The lowest BCUT2D eigenvalue weighted by Gasteiger charge is -2.09. The van der Waals surface area contributed by atoms with Crippen LogP contribution >= 0.6 is 0 Å². The standard InChI is InChI=1S/C7H8N2O2/c1-10-9-7-5-3-2-4-6(7)8-11-9/h2-5,8H,1H3. The number of hydrogen-bond donors (Lipinski definition) is 1. The molecule has 0 amide bonds. The van der Waals surface area contributed by atoms with E-state index in [1.807, 2.05) is 24.3 Å². The first-order valence-corrected chi connectivity index (χ1v) is 3.28. The van der Waals surface area contributed by atoms with Crippen LogP contribution in [0.1, 0.15) is 0 Å². The molecule has 4 heteroatoms. The Morgan fingerprint density at radius 3 is 3.09 bits per heavy atom. The number of rotatable bonds is 1. The Morgan fingerprint density at radius 2 is 2.27 bits per heavy atom. The number of hydrogen-bond acceptors (Lipinski definition) is 4. The molecule has 1 N–H and O–H groups in total. The molecule has 0 saturated heterocycles. The first-order chi connectivity index (χ1) is 5.42. The van der Waals surface area contributed by atoms with Crippen LogP contribution in [0.15, 0.2) is 24.3 Å². The Kier molecular flexibility index (Phi) is 1.41. The van der Waals surface area contributed by atoms with Gasteiger partial charge in [0.1, 0.15) is 5.69 Å². The monoisotopic (exact) mass is 152 g/mol. The molecule has 2 rings (SSSR count). The molecule has 0 atom stereocenters. The summed E-state index contributed by atoms with van der Waals surface area (Å²) in [6.07, 6.45) is 0. The average Bonchev–Trinajstić information content (AvgIpc) is 2.47. The van der Waals surface area contributed by atoms with E-state index >= 15 is 0 Å². The zero-order valence-corrected chi connectivity index (χ0v) is 6.07. The second-order valence-corrected chi connectivity index (χ2v) is 2.15. The van der Waals surface area contributed by atoms with E-state index in [1.54, 1.807) is 7.11 Å². The van der Waals surface area contributed by atoms with Gasteiger partial charge in [-0.05, 0) is 12.1 Å². The number of fused-ring (bicyclic) bond motifs is 1. The normalized spacial score (nSPS) is 14.5. The molecule has 1 aliphatic heterocycles. The summed E-state index contributed by atoms with van der Waals surface area (Å²) >= 11 is 0. The fourth-order valence-corrected chi connectivity index (χ4v) is 0.995. The highest BCUT2D eigenvalue weighted by Gasteiger charge is 2.18. The molecule has 1 heterocycles. The molecule has 0 bridgehead atoms. The minimum absolute atomic E-state index is 0.884. The van der Waals surface area contributed by atoms with Crippen LogP contribution in [0.2, 0.25) is 0 Å². The Labute approximate surface area is 64.2 Å². The van der Waals surface area contributed by atoms with Gasteiger partial charge in [0.05, 0.1) is 12.8 Å². The predicted octanol–water partition coefficient (Wildman–Crippen LogP) is 1.33. The maximum absolute atomic E-state index is 4.93. The molecule has 1 aromatic carbocycles. The molecule has 11 heavy (non-hydrogen) atoms. The average molecular weight is 152 g/mol. The van der Waals surface area contributed by atoms with Gasteiger partial charge in [0.15, 0.2) is 0 Å². The van der Waals surface area contributed by atoms with Crippen LogP contribution in [0.4, 0.5) is 11.4 Å². The van der Waals surface area contributed by atoms with Crippen LogP contribution in [0, 0.1) is 0 Å². The lowest BCUT2D eigenvalue weighted by Crippen LogP contribution is -2.17. The topological polar surface area (TPSA) is 33.7 Å². The molecule has 4 nitrogen and oxygen atoms in total. The van der Waals surface area contributed by atoms with Gasteiger partial charge in [-0.25, -0.2) is 5.48 Å². The second-order valence-electron chi connectivity index (χ2n) is 2.15. The van der Waals surface area contributed by atoms with Crippen molar-refractivity contribution in [2.24, 2.45) is 0 Å². The molecule has 0 aromatic heterocycles. The highest BCUT2D eigenvalue weighted by Crippen LogP contribution is 2.30. The minimum Gasteiger partial charge on any atom is -0.250 e. The SMILES string of the molecule is CON1ONc2ccccc21. The van der Waals surface area contributed by atoms with Crippen molar-refractivity contribution >= 4 is 11.4 Å². The summed E-state index contributed by atoms with van der Waals surface area (Å²) in [7, 11) is 1.55. The van der Waals surface area contributed by atoms with Crippen LogP contribution in [-0.2, 0) is 9.78 Å². The Hall–Kier alpha value is -1.26. The predicted molar refractivity (Wildman–Crippen MR) is 40.6 cm³/mol. The zero-order chi connectivity index (χ0) is 7.68. The van der Waals surface area contributed by atoms with Gasteiger partial charge in [0.2, 0.25) is 0 Å². The Bertz CT molecular complexity index is 264. The summed E-state index contributed by atoms with van der Waals surface area (Å²) in [5, 5.41) is 1.31. The first kappa shape index (κ1) is 6.45. The van der Waals surface area contributed by atoms with E-state index in [2.05, 4.69) is 5.48 Å². The van der Waals surface area contributed by atoms with E-state index in [1.165, 1.54) is 5.23 Å². The lowest BCUT2D eigenvalue weighted by atomic mass is 10.3. The summed E-state index contributed by atoms with van der Waals surface area (Å²) < 4.78 is 0. The second kappa shape index (κ2) is 2.41. The number of nitrogens with one attached hydrogen (secondary N) is 1. The lowest BCUT2D eigenvalue weighted by molar-refractivity contribution is -0.0330. The molecule has 58 valence electrons. The molecule has 0 saturated carbocycles. The van der Waals surface area contributed by atoms with E-state index < -0.39 is 0 Å². The van der Waals surface area contributed by atoms with Crippen molar-refractivity contribution in [3.63, 3.8) is 0 Å². The maximum Gasteiger partial charge on any atom is 0.123 e. The molecular weight excluding hydrogens is 144 g/mol. The number of benzene rings is 1. The molecular formula is C7H8N2O2.